The summed E-state index contributed by atoms with van der Waals surface area (Å²) in [5, 5.41) is 7.33. The maximum Gasteiger partial charge on any atom is 0.305 e. The van der Waals surface area contributed by atoms with Gasteiger partial charge in [0.25, 0.3) is 11.8 Å². The average molecular weight is 475 g/mol. The second kappa shape index (κ2) is 9.65. The summed E-state index contributed by atoms with van der Waals surface area (Å²) >= 11 is 0. The van der Waals surface area contributed by atoms with Crippen molar-refractivity contribution in [3.63, 3.8) is 0 Å². The lowest BCUT2D eigenvalue weighted by molar-refractivity contribution is -0.161. The van der Waals surface area contributed by atoms with Crippen molar-refractivity contribution in [3.05, 3.63) is 11.3 Å². The monoisotopic (exact) mass is 475 g/mol. The Hall–Kier alpha value is -3.00. The summed E-state index contributed by atoms with van der Waals surface area (Å²) in [6, 6.07) is 0. The highest BCUT2D eigenvalue weighted by Crippen LogP contribution is 2.38. The number of nitrogens with zero attached hydrogens (tertiary/aromatic N) is 3. The summed E-state index contributed by atoms with van der Waals surface area (Å²) < 4.78 is 35.2. The summed E-state index contributed by atoms with van der Waals surface area (Å²) in [6.07, 6.45) is -1.55. The van der Waals surface area contributed by atoms with E-state index in [0.717, 1.165) is 21.6 Å². The number of likely N-dealkylation sites (N-methyl/N-ethyl adjacent to an activating group) is 2. The molecule has 178 valence electrons. The summed E-state index contributed by atoms with van der Waals surface area (Å²) in [4.78, 5) is 62.8. The van der Waals surface area contributed by atoms with Gasteiger partial charge in [-0.05, 0) is 0 Å². The topological polar surface area (TPSA) is 168 Å². The first-order valence-corrected chi connectivity index (χ1v) is 11.2. The lowest BCUT2D eigenvalue weighted by atomic mass is 10.0. The molecule has 0 aliphatic carbocycles. The molecule has 0 aromatic heterocycles. The Morgan fingerprint density at radius 2 is 1.81 bits per heavy atom. The first-order valence-electron chi connectivity index (χ1n) is 9.45. The zero-order valence-electron chi connectivity index (χ0n) is 18.1. The number of hydrogen-bond acceptors (Lipinski definition) is 9. The van der Waals surface area contributed by atoms with Crippen LogP contribution in [-0.2, 0) is 43.3 Å². The quantitative estimate of drug-likeness (QED) is 0.285. The van der Waals surface area contributed by atoms with Crippen LogP contribution in [0.5, 0.6) is 0 Å². The molecule has 2 aliphatic rings. The number of sulfone groups is 1. The number of methoxy groups -OCH3 is 1. The molecule has 13 nitrogen and oxygen atoms in total. The lowest BCUT2D eigenvalue weighted by Crippen LogP contribution is -2.71. The van der Waals surface area contributed by atoms with Crippen LogP contribution in [-0.4, -0.2) is 116 Å². The molecule has 0 radical (unpaired) electrons. The van der Waals surface area contributed by atoms with E-state index in [0.29, 0.717) is 0 Å². The number of ether oxygens (including phenoxy) is 2. The summed E-state index contributed by atoms with van der Waals surface area (Å²) in [5.74, 6) is -4.56. The first-order chi connectivity index (χ1) is 14.8. The van der Waals surface area contributed by atoms with Crippen molar-refractivity contribution >= 4 is 39.5 Å². The van der Waals surface area contributed by atoms with Crippen LogP contribution >= 0.6 is 0 Å². The Morgan fingerprint density at radius 3 is 2.34 bits per heavy atom. The molecular formula is C18H25N3O10S. The minimum atomic E-state index is -3.93. The molecule has 0 bridgehead atoms. The van der Waals surface area contributed by atoms with Crippen LogP contribution in [0.4, 0.5) is 0 Å². The first kappa shape index (κ1) is 25.3. The standard InChI is InChI=1S/C18H25N3O10S/c1-10(22)31-8-11-9-32(28,29)18-15(30-4)17(27)21(18)14(11)16(26)20(3)7-12(23)19(2)6-5-13(24)25/h15,18H,5-9H2,1-4H3,(H,24,25)/t15-,18+/m0/s1. The van der Waals surface area contributed by atoms with Crippen molar-refractivity contribution in [2.75, 3.05) is 46.7 Å². The van der Waals surface area contributed by atoms with E-state index in [1.54, 1.807) is 0 Å². The Balaban J connectivity index is 2.32. The fraction of sp³-hybridized carbons (Fsp3) is 0.611. The number of carboxylic acid groups (broad SMARTS) is 1. The Kier molecular flexibility index (Phi) is 7.62. The van der Waals surface area contributed by atoms with Gasteiger partial charge in [-0.2, -0.15) is 0 Å². The van der Waals surface area contributed by atoms with Crippen LogP contribution < -0.4 is 0 Å². The summed E-state index contributed by atoms with van der Waals surface area (Å²) in [5.41, 5.74) is -0.379. The molecule has 0 aromatic rings. The normalized spacial score (nSPS) is 21.4. The van der Waals surface area contributed by atoms with Crippen LogP contribution in [0.3, 0.4) is 0 Å². The third kappa shape index (κ3) is 5.07. The molecule has 32 heavy (non-hydrogen) atoms. The van der Waals surface area contributed by atoms with E-state index in [2.05, 4.69) is 0 Å². The Bertz CT molecular complexity index is 973. The van der Waals surface area contributed by atoms with Gasteiger partial charge in [0.05, 0.1) is 18.7 Å². The fourth-order valence-electron chi connectivity index (χ4n) is 3.33. The number of hydrogen-bond donors (Lipinski definition) is 1. The van der Waals surface area contributed by atoms with E-state index in [-0.39, 0.29) is 24.2 Å². The zero-order valence-corrected chi connectivity index (χ0v) is 18.9. The van der Waals surface area contributed by atoms with Gasteiger partial charge in [0.2, 0.25) is 5.91 Å². The van der Waals surface area contributed by atoms with Crippen LogP contribution in [0, 0.1) is 0 Å². The van der Waals surface area contributed by atoms with E-state index in [4.69, 9.17) is 14.6 Å². The number of β-lactam (4-membered cyclic amide) rings is 1. The van der Waals surface area contributed by atoms with Gasteiger partial charge in [0, 0.05) is 40.2 Å². The predicted molar refractivity (Wildman–Crippen MR) is 106 cm³/mol. The van der Waals surface area contributed by atoms with E-state index in [1.165, 1.54) is 21.2 Å². The van der Waals surface area contributed by atoms with Gasteiger partial charge in [-0.25, -0.2) is 8.42 Å². The number of carboxylic acids is 1. The highest BCUT2D eigenvalue weighted by molar-refractivity contribution is 7.92. The molecule has 14 heteroatoms. The van der Waals surface area contributed by atoms with Crippen molar-refractivity contribution in [3.8, 4) is 0 Å². The minimum Gasteiger partial charge on any atom is -0.481 e. The zero-order chi connectivity index (χ0) is 24.4. The summed E-state index contributed by atoms with van der Waals surface area (Å²) in [7, 11) is -0.105. The van der Waals surface area contributed by atoms with E-state index in [9.17, 15) is 32.4 Å². The molecule has 0 aromatic carbocycles. The van der Waals surface area contributed by atoms with Gasteiger partial charge >= 0.3 is 11.9 Å². The predicted octanol–water partition coefficient (Wildman–Crippen LogP) is -2.19. The van der Waals surface area contributed by atoms with Crippen LogP contribution in [0.2, 0.25) is 0 Å². The number of carbonyl (C=O) groups excluding carboxylic acids is 4. The maximum atomic E-state index is 13.2. The molecule has 2 rings (SSSR count). The molecule has 3 amide bonds. The molecule has 0 unspecified atom stereocenters. The van der Waals surface area contributed by atoms with Crippen LogP contribution in [0.1, 0.15) is 13.3 Å². The number of fused-ring (bicyclic) bond motifs is 1. The van der Waals surface area contributed by atoms with Crippen molar-refractivity contribution in [1.29, 1.82) is 0 Å². The van der Waals surface area contributed by atoms with E-state index >= 15 is 0 Å². The molecule has 1 fully saturated rings. The Labute approximate surface area is 184 Å². The molecular weight excluding hydrogens is 450 g/mol. The third-order valence-corrected chi connectivity index (χ3v) is 6.97. The van der Waals surface area contributed by atoms with Crippen LogP contribution in [0.25, 0.3) is 0 Å². The SMILES string of the molecule is CO[C@H]1C(=O)N2C(C(=O)N(C)CC(=O)N(C)CCC(=O)O)=C(COC(C)=O)CS(=O)(=O)[C@H]12. The van der Waals surface area contributed by atoms with Gasteiger partial charge in [0.15, 0.2) is 21.3 Å². The molecule has 2 heterocycles. The van der Waals surface area contributed by atoms with Gasteiger partial charge in [-0.15, -0.1) is 0 Å². The molecule has 1 saturated heterocycles. The van der Waals surface area contributed by atoms with E-state index in [1.807, 2.05) is 0 Å². The van der Waals surface area contributed by atoms with Crippen molar-refractivity contribution < 1.29 is 47.0 Å². The molecule has 1 N–H and O–H groups in total. The second-order valence-corrected chi connectivity index (χ2v) is 9.51. The maximum absolute atomic E-state index is 13.2. The highest BCUT2D eigenvalue weighted by Gasteiger charge is 2.60. The van der Waals surface area contributed by atoms with Gasteiger partial charge in [-0.1, -0.05) is 0 Å². The third-order valence-electron chi connectivity index (χ3n) is 5.03. The van der Waals surface area contributed by atoms with Crippen molar-refractivity contribution in [2.24, 2.45) is 0 Å². The average Bonchev–Trinajstić information content (AvgIpc) is 2.69. The molecule has 0 spiro atoms. The lowest BCUT2D eigenvalue weighted by Gasteiger charge is -2.49. The second-order valence-electron chi connectivity index (χ2n) is 7.41. The van der Waals surface area contributed by atoms with Crippen molar-refractivity contribution in [2.45, 2.75) is 24.8 Å². The van der Waals surface area contributed by atoms with Crippen molar-refractivity contribution in [1.82, 2.24) is 14.7 Å². The summed E-state index contributed by atoms with van der Waals surface area (Å²) in [6.45, 7) is 0.0588. The highest BCUT2D eigenvalue weighted by atomic mass is 32.2. The molecule has 2 atom stereocenters. The van der Waals surface area contributed by atoms with Gasteiger partial charge in [0.1, 0.15) is 12.3 Å². The Morgan fingerprint density at radius 1 is 1.19 bits per heavy atom. The molecule has 2 aliphatic heterocycles. The van der Waals surface area contributed by atoms with Gasteiger partial charge < -0.3 is 24.4 Å². The number of rotatable bonds is 9. The van der Waals surface area contributed by atoms with E-state index < -0.39 is 69.9 Å². The van der Waals surface area contributed by atoms with Gasteiger partial charge in [-0.3, -0.25) is 28.9 Å². The largest absolute Gasteiger partial charge is 0.481 e. The van der Waals surface area contributed by atoms with Crippen LogP contribution in [0.15, 0.2) is 11.3 Å². The number of carbonyl (C=O) groups is 5. The number of esters is 1. The molecule has 0 saturated carbocycles. The number of amides is 3. The smallest absolute Gasteiger partial charge is 0.305 e. The fourth-order valence-corrected chi connectivity index (χ4v) is 5.34. The minimum absolute atomic E-state index is 0.0724. The number of aliphatic carboxylic acids is 1.